The highest BCUT2D eigenvalue weighted by Gasteiger charge is 2.30. The molecule has 28 heavy (non-hydrogen) atoms. The summed E-state index contributed by atoms with van der Waals surface area (Å²) in [4.78, 5) is 23.0. The predicted octanol–water partition coefficient (Wildman–Crippen LogP) is 6.76. The summed E-state index contributed by atoms with van der Waals surface area (Å²) in [7, 11) is 0. The molecule has 0 saturated heterocycles. The average Bonchev–Trinajstić information content (AvgIpc) is 2.70. The number of hydrogen-bond donors (Lipinski definition) is 1. The van der Waals surface area contributed by atoms with Crippen molar-refractivity contribution in [3.8, 4) is 0 Å². The third-order valence-corrected chi connectivity index (χ3v) is 6.32. The molecule has 0 aliphatic heterocycles. The Labute approximate surface area is 172 Å². The summed E-state index contributed by atoms with van der Waals surface area (Å²) in [6.45, 7) is 5.09. The highest BCUT2D eigenvalue weighted by Crippen LogP contribution is 2.29. The molecule has 1 aliphatic rings. The molecule has 1 fully saturated rings. The molecule has 0 heterocycles. The fourth-order valence-electron chi connectivity index (χ4n) is 4.46. The molecule has 1 aliphatic carbocycles. The molecule has 1 unspecified atom stereocenters. The zero-order valence-electron chi connectivity index (χ0n) is 18.4. The van der Waals surface area contributed by atoms with Gasteiger partial charge in [0.05, 0.1) is 18.4 Å². The van der Waals surface area contributed by atoms with Gasteiger partial charge in [0.1, 0.15) is 0 Å². The van der Waals surface area contributed by atoms with Crippen LogP contribution in [0.25, 0.3) is 0 Å². The van der Waals surface area contributed by atoms with Crippen molar-refractivity contribution in [1.29, 1.82) is 0 Å². The van der Waals surface area contributed by atoms with E-state index in [2.05, 4.69) is 13.8 Å². The first-order valence-electron chi connectivity index (χ1n) is 12.0. The van der Waals surface area contributed by atoms with Crippen LogP contribution in [-0.2, 0) is 14.3 Å². The van der Waals surface area contributed by atoms with Gasteiger partial charge >= 0.3 is 11.9 Å². The maximum Gasteiger partial charge on any atom is 0.308 e. The normalized spacial score (nSPS) is 20.6. The highest BCUT2D eigenvalue weighted by atomic mass is 16.5. The Balaban J connectivity index is 1.99. The minimum Gasteiger partial charge on any atom is -0.481 e. The van der Waals surface area contributed by atoms with Crippen molar-refractivity contribution in [2.75, 3.05) is 6.61 Å². The van der Waals surface area contributed by atoms with Gasteiger partial charge in [-0.25, -0.2) is 0 Å². The number of carboxylic acid groups (broad SMARTS) is 1. The van der Waals surface area contributed by atoms with E-state index >= 15 is 0 Å². The van der Waals surface area contributed by atoms with E-state index in [0.717, 1.165) is 18.8 Å². The van der Waals surface area contributed by atoms with Crippen LogP contribution in [0.15, 0.2) is 0 Å². The Morgan fingerprint density at radius 1 is 0.786 bits per heavy atom. The Morgan fingerprint density at radius 3 is 1.96 bits per heavy atom. The number of hydrogen-bond acceptors (Lipinski definition) is 3. The highest BCUT2D eigenvalue weighted by molar-refractivity contribution is 5.74. The number of esters is 1. The Morgan fingerprint density at radius 2 is 1.36 bits per heavy atom. The molecule has 1 atom stereocenters. The van der Waals surface area contributed by atoms with Crippen LogP contribution < -0.4 is 0 Å². The maximum atomic E-state index is 12.1. The summed E-state index contributed by atoms with van der Waals surface area (Å²) in [5, 5.41) is 9.01. The lowest BCUT2D eigenvalue weighted by Gasteiger charge is -2.24. The molecule has 0 aromatic carbocycles. The molecule has 164 valence electrons. The molecule has 1 N–H and O–H groups in total. The Bertz CT molecular complexity index is 413. The minimum absolute atomic E-state index is 0.0844. The molecule has 1 saturated carbocycles. The van der Waals surface area contributed by atoms with E-state index in [1.165, 1.54) is 64.2 Å². The van der Waals surface area contributed by atoms with Crippen molar-refractivity contribution in [2.24, 2.45) is 17.8 Å². The second-order valence-electron chi connectivity index (χ2n) is 8.76. The zero-order valence-corrected chi connectivity index (χ0v) is 18.4. The van der Waals surface area contributed by atoms with E-state index in [0.29, 0.717) is 32.3 Å². The molecule has 0 aromatic rings. The molecule has 0 radical (unpaired) electrons. The average molecular weight is 397 g/mol. The SMILES string of the molecule is CCCCCC(CCC)CCCCCCCOC(=O)C1CCC(C(=O)O)CC1. The molecule has 0 bridgehead atoms. The molecule has 4 nitrogen and oxygen atoms in total. The van der Waals surface area contributed by atoms with Crippen LogP contribution >= 0.6 is 0 Å². The van der Waals surface area contributed by atoms with Crippen LogP contribution in [0.4, 0.5) is 0 Å². The van der Waals surface area contributed by atoms with Gasteiger partial charge in [0.2, 0.25) is 0 Å². The first-order valence-corrected chi connectivity index (χ1v) is 12.0. The van der Waals surface area contributed by atoms with Crippen LogP contribution in [-0.4, -0.2) is 23.7 Å². The summed E-state index contributed by atoms with van der Waals surface area (Å²) in [5.41, 5.74) is 0. The van der Waals surface area contributed by atoms with E-state index in [9.17, 15) is 9.59 Å². The van der Waals surface area contributed by atoms with Crippen LogP contribution in [0.3, 0.4) is 0 Å². The fraction of sp³-hybridized carbons (Fsp3) is 0.917. The summed E-state index contributed by atoms with van der Waals surface area (Å²) in [6.07, 6.45) is 18.0. The molecule has 1 rings (SSSR count). The first-order chi connectivity index (χ1) is 13.6. The van der Waals surface area contributed by atoms with Gasteiger partial charge in [-0.1, -0.05) is 84.5 Å². The second-order valence-corrected chi connectivity index (χ2v) is 8.76. The van der Waals surface area contributed by atoms with E-state index in [-0.39, 0.29) is 17.8 Å². The standard InChI is InChI=1S/C24H44O4/c1-3-5-9-13-20(12-4-2)14-10-7-6-8-11-19-28-24(27)22-17-15-21(16-18-22)23(25)26/h20-22H,3-19H2,1-2H3,(H,25,26). The zero-order chi connectivity index (χ0) is 20.6. The number of carbonyl (C=O) groups excluding carboxylic acids is 1. The van der Waals surface area contributed by atoms with Gasteiger partial charge in [0.15, 0.2) is 0 Å². The van der Waals surface area contributed by atoms with E-state index in [1.807, 2.05) is 0 Å². The number of rotatable bonds is 16. The first kappa shape index (κ1) is 25.0. The Hall–Kier alpha value is -1.06. The third kappa shape index (κ3) is 11.1. The van der Waals surface area contributed by atoms with E-state index in [1.54, 1.807) is 0 Å². The van der Waals surface area contributed by atoms with Crippen LogP contribution in [0.5, 0.6) is 0 Å². The number of ether oxygens (including phenoxy) is 1. The fourth-order valence-corrected chi connectivity index (χ4v) is 4.46. The monoisotopic (exact) mass is 396 g/mol. The van der Waals surface area contributed by atoms with Crippen molar-refractivity contribution >= 4 is 11.9 Å². The van der Waals surface area contributed by atoms with Crippen molar-refractivity contribution in [3.63, 3.8) is 0 Å². The topological polar surface area (TPSA) is 63.6 Å². The minimum atomic E-state index is -0.728. The number of carbonyl (C=O) groups is 2. The largest absolute Gasteiger partial charge is 0.481 e. The summed E-state index contributed by atoms with van der Waals surface area (Å²) in [6, 6.07) is 0. The van der Waals surface area contributed by atoms with Gasteiger partial charge < -0.3 is 9.84 Å². The van der Waals surface area contributed by atoms with Gasteiger partial charge in [-0.05, 0) is 38.0 Å². The summed E-state index contributed by atoms with van der Waals surface area (Å²) >= 11 is 0. The van der Waals surface area contributed by atoms with Gasteiger partial charge in [0.25, 0.3) is 0 Å². The predicted molar refractivity (Wildman–Crippen MR) is 114 cm³/mol. The van der Waals surface area contributed by atoms with Gasteiger partial charge in [-0.15, -0.1) is 0 Å². The summed E-state index contributed by atoms with van der Waals surface area (Å²) in [5.74, 6) is -0.271. The van der Waals surface area contributed by atoms with Crippen LogP contribution in [0, 0.1) is 17.8 Å². The molecular weight excluding hydrogens is 352 g/mol. The second kappa shape index (κ2) is 15.8. The maximum absolute atomic E-state index is 12.1. The summed E-state index contributed by atoms with van der Waals surface area (Å²) < 4.78 is 5.42. The molecule has 4 heteroatoms. The van der Waals surface area contributed by atoms with Crippen molar-refractivity contribution < 1.29 is 19.4 Å². The van der Waals surface area contributed by atoms with Crippen LogP contribution in [0.1, 0.15) is 117 Å². The molecular formula is C24H44O4. The molecule has 0 amide bonds. The van der Waals surface area contributed by atoms with Crippen molar-refractivity contribution in [3.05, 3.63) is 0 Å². The lowest BCUT2D eigenvalue weighted by atomic mass is 9.82. The third-order valence-electron chi connectivity index (χ3n) is 6.32. The van der Waals surface area contributed by atoms with E-state index in [4.69, 9.17) is 9.84 Å². The van der Waals surface area contributed by atoms with Gasteiger partial charge in [-0.2, -0.15) is 0 Å². The number of carboxylic acids is 1. The smallest absolute Gasteiger partial charge is 0.308 e. The molecule has 0 aromatic heterocycles. The Kier molecular flexibility index (Phi) is 14.1. The quantitative estimate of drug-likeness (QED) is 0.231. The molecule has 0 spiro atoms. The number of aliphatic carboxylic acids is 1. The van der Waals surface area contributed by atoms with E-state index < -0.39 is 5.97 Å². The van der Waals surface area contributed by atoms with Gasteiger partial charge in [-0.3, -0.25) is 9.59 Å². The number of unbranched alkanes of at least 4 members (excludes halogenated alkanes) is 6. The van der Waals surface area contributed by atoms with Crippen LogP contribution in [0.2, 0.25) is 0 Å². The van der Waals surface area contributed by atoms with Crippen molar-refractivity contribution in [1.82, 2.24) is 0 Å². The lowest BCUT2D eigenvalue weighted by Crippen LogP contribution is -2.27. The van der Waals surface area contributed by atoms with Crippen molar-refractivity contribution in [2.45, 2.75) is 117 Å². The lowest BCUT2D eigenvalue weighted by molar-refractivity contribution is -0.152. The van der Waals surface area contributed by atoms with Gasteiger partial charge in [0, 0.05) is 0 Å².